The molecule has 102 valence electrons. The monoisotopic (exact) mass is 283 g/mol. The Hall–Kier alpha value is -1.98. The highest BCUT2D eigenvalue weighted by Gasteiger charge is 2.26. The lowest BCUT2D eigenvalue weighted by atomic mass is 10.1. The van der Waals surface area contributed by atoms with Gasteiger partial charge in [0.05, 0.1) is 11.0 Å². The molecule has 0 fully saturated rings. The Bertz CT molecular complexity index is 647. The molecule has 0 heterocycles. The van der Waals surface area contributed by atoms with E-state index in [9.17, 15) is 18.5 Å². The van der Waals surface area contributed by atoms with Crippen molar-refractivity contribution in [1.29, 1.82) is 5.26 Å². The van der Waals surface area contributed by atoms with Crippen molar-refractivity contribution in [3.63, 3.8) is 0 Å². The first-order valence-electron chi connectivity index (χ1n) is 5.42. The Morgan fingerprint density at radius 3 is 2.47 bits per heavy atom. The molecule has 0 spiro atoms. The summed E-state index contributed by atoms with van der Waals surface area (Å²) in [4.78, 5) is 9.82. The summed E-state index contributed by atoms with van der Waals surface area (Å²) < 4.78 is 26.1. The highest BCUT2D eigenvalue weighted by Crippen LogP contribution is 2.27. The van der Waals surface area contributed by atoms with Gasteiger partial charge in [-0.1, -0.05) is 0 Å². The zero-order valence-corrected chi connectivity index (χ0v) is 11.3. The van der Waals surface area contributed by atoms with Crippen LogP contribution >= 0.6 is 0 Å². The van der Waals surface area contributed by atoms with E-state index in [0.29, 0.717) is 11.1 Å². The molecule has 19 heavy (non-hydrogen) atoms. The van der Waals surface area contributed by atoms with Crippen LogP contribution in [0.2, 0.25) is 0 Å². The van der Waals surface area contributed by atoms with E-state index in [1.165, 1.54) is 12.1 Å². The van der Waals surface area contributed by atoms with Crippen LogP contribution in [0.1, 0.15) is 17.5 Å². The molecule has 0 aliphatic carbocycles. The molecule has 1 rings (SSSR count). The first kappa shape index (κ1) is 15.1. The van der Waals surface area contributed by atoms with Crippen LogP contribution in [-0.2, 0) is 10.0 Å². The number of nitro groups is 1. The number of hydrogen-bond donors (Lipinski definition) is 1. The van der Waals surface area contributed by atoms with E-state index in [-0.39, 0.29) is 17.9 Å². The molecule has 0 amide bonds. The third-order valence-electron chi connectivity index (χ3n) is 2.59. The van der Waals surface area contributed by atoms with Crippen molar-refractivity contribution in [3.05, 3.63) is 33.4 Å². The van der Waals surface area contributed by atoms with Crippen molar-refractivity contribution in [2.45, 2.75) is 25.2 Å². The topological polar surface area (TPSA) is 113 Å². The summed E-state index contributed by atoms with van der Waals surface area (Å²) in [6, 6.07) is 4.29. The van der Waals surface area contributed by atoms with Gasteiger partial charge in [-0.05, 0) is 31.0 Å². The zero-order valence-electron chi connectivity index (χ0n) is 10.5. The molecule has 0 aliphatic heterocycles. The standard InChI is InChI=1S/C11H13N3O4S/c1-8-6-10(14(15)16)11(7-9(8)2)19(17,18)13-5-3-4-12/h6-7,13H,3,5H2,1-2H3. The van der Waals surface area contributed by atoms with Gasteiger partial charge in [0.2, 0.25) is 10.0 Å². The van der Waals surface area contributed by atoms with Gasteiger partial charge in [-0.3, -0.25) is 10.1 Å². The minimum atomic E-state index is -3.99. The summed E-state index contributed by atoms with van der Waals surface area (Å²) >= 11 is 0. The number of aryl methyl sites for hydroxylation is 2. The third-order valence-corrected chi connectivity index (χ3v) is 4.08. The summed E-state index contributed by atoms with van der Waals surface area (Å²) in [7, 11) is -3.99. The van der Waals surface area contributed by atoms with E-state index < -0.39 is 20.6 Å². The highest BCUT2D eigenvalue weighted by atomic mass is 32.2. The number of nitriles is 1. The number of hydrogen-bond acceptors (Lipinski definition) is 5. The second kappa shape index (κ2) is 5.77. The van der Waals surface area contributed by atoms with Gasteiger partial charge >= 0.3 is 0 Å². The number of nitrogens with one attached hydrogen (secondary N) is 1. The van der Waals surface area contributed by atoms with Crippen molar-refractivity contribution in [1.82, 2.24) is 4.72 Å². The van der Waals surface area contributed by atoms with Crippen molar-refractivity contribution in [3.8, 4) is 6.07 Å². The highest BCUT2D eigenvalue weighted by molar-refractivity contribution is 7.89. The summed E-state index contributed by atoms with van der Waals surface area (Å²) in [5.74, 6) is 0. The molecule has 0 bridgehead atoms. The summed E-state index contributed by atoms with van der Waals surface area (Å²) in [6.45, 7) is 3.26. The van der Waals surface area contributed by atoms with E-state index >= 15 is 0 Å². The number of nitrogens with zero attached hydrogens (tertiary/aromatic N) is 2. The maximum Gasteiger partial charge on any atom is 0.289 e. The van der Waals surface area contributed by atoms with Gasteiger partial charge in [0.1, 0.15) is 0 Å². The van der Waals surface area contributed by atoms with Crippen LogP contribution in [0.25, 0.3) is 0 Å². The van der Waals surface area contributed by atoms with E-state index in [1.54, 1.807) is 19.9 Å². The number of nitro benzene ring substituents is 1. The first-order valence-corrected chi connectivity index (χ1v) is 6.90. The van der Waals surface area contributed by atoms with Crippen molar-refractivity contribution in [2.75, 3.05) is 6.54 Å². The summed E-state index contributed by atoms with van der Waals surface area (Å²) in [5.41, 5.74) is 0.821. The average molecular weight is 283 g/mol. The SMILES string of the molecule is Cc1cc([N+](=O)[O-])c(S(=O)(=O)NCCC#N)cc1C. The molecular formula is C11H13N3O4S. The van der Waals surface area contributed by atoms with Crippen LogP contribution < -0.4 is 4.72 Å². The summed E-state index contributed by atoms with van der Waals surface area (Å²) in [5, 5.41) is 19.3. The van der Waals surface area contributed by atoms with Crippen molar-refractivity contribution in [2.24, 2.45) is 0 Å². The Labute approximate surface area is 111 Å². The zero-order chi connectivity index (χ0) is 14.6. The predicted octanol–water partition coefficient (Wildman–Crippen LogP) is 1.40. The van der Waals surface area contributed by atoms with Crippen LogP contribution in [0.15, 0.2) is 17.0 Å². The van der Waals surface area contributed by atoms with Gasteiger partial charge in [-0.25, -0.2) is 13.1 Å². The van der Waals surface area contributed by atoms with Crippen molar-refractivity contribution < 1.29 is 13.3 Å². The van der Waals surface area contributed by atoms with Gasteiger partial charge in [-0.15, -0.1) is 0 Å². The fraction of sp³-hybridized carbons (Fsp3) is 0.364. The lowest BCUT2D eigenvalue weighted by Gasteiger charge is -2.08. The second-order valence-corrected chi connectivity index (χ2v) is 5.70. The van der Waals surface area contributed by atoms with E-state index in [1.807, 2.05) is 0 Å². The van der Waals surface area contributed by atoms with Crippen LogP contribution in [0, 0.1) is 35.3 Å². The second-order valence-electron chi connectivity index (χ2n) is 3.97. The lowest BCUT2D eigenvalue weighted by Crippen LogP contribution is -2.25. The number of sulfonamides is 1. The molecule has 8 heteroatoms. The van der Waals surface area contributed by atoms with Crippen LogP contribution in [0.3, 0.4) is 0 Å². The fourth-order valence-electron chi connectivity index (χ4n) is 1.45. The maximum absolute atomic E-state index is 12.0. The third kappa shape index (κ3) is 3.49. The minimum absolute atomic E-state index is 0.00211. The Kier molecular flexibility index (Phi) is 4.58. The number of benzene rings is 1. The Morgan fingerprint density at radius 2 is 1.95 bits per heavy atom. The first-order chi connectivity index (χ1) is 8.79. The van der Waals surface area contributed by atoms with Gasteiger partial charge in [-0.2, -0.15) is 5.26 Å². The molecule has 0 saturated carbocycles. The molecule has 0 aromatic heterocycles. The number of rotatable bonds is 5. The predicted molar refractivity (Wildman–Crippen MR) is 68.0 cm³/mol. The molecule has 1 N–H and O–H groups in total. The van der Waals surface area contributed by atoms with Gasteiger partial charge in [0, 0.05) is 19.0 Å². The average Bonchev–Trinajstić information content (AvgIpc) is 2.31. The Morgan fingerprint density at radius 1 is 1.37 bits per heavy atom. The normalized spacial score (nSPS) is 11.0. The molecule has 0 unspecified atom stereocenters. The van der Waals surface area contributed by atoms with Gasteiger partial charge < -0.3 is 0 Å². The lowest BCUT2D eigenvalue weighted by molar-refractivity contribution is -0.387. The van der Waals surface area contributed by atoms with Crippen LogP contribution in [-0.4, -0.2) is 19.9 Å². The quantitative estimate of drug-likeness (QED) is 0.498. The molecule has 0 radical (unpaired) electrons. The molecule has 7 nitrogen and oxygen atoms in total. The van der Waals surface area contributed by atoms with Crippen LogP contribution in [0.5, 0.6) is 0 Å². The van der Waals surface area contributed by atoms with E-state index in [0.717, 1.165) is 0 Å². The van der Waals surface area contributed by atoms with Gasteiger partial charge in [0.25, 0.3) is 5.69 Å². The van der Waals surface area contributed by atoms with Crippen molar-refractivity contribution >= 4 is 15.7 Å². The molecule has 1 aromatic rings. The molecule has 1 aromatic carbocycles. The van der Waals surface area contributed by atoms with E-state index in [4.69, 9.17) is 5.26 Å². The largest absolute Gasteiger partial charge is 0.289 e. The summed E-state index contributed by atoms with van der Waals surface area (Å²) in [6.07, 6.45) is -0.00211. The minimum Gasteiger partial charge on any atom is -0.258 e. The fourth-order valence-corrected chi connectivity index (χ4v) is 2.72. The molecule has 0 saturated heterocycles. The molecule has 0 atom stereocenters. The van der Waals surface area contributed by atoms with Crippen LogP contribution in [0.4, 0.5) is 5.69 Å². The van der Waals surface area contributed by atoms with E-state index in [2.05, 4.69) is 4.72 Å². The molecule has 0 aliphatic rings. The van der Waals surface area contributed by atoms with Gasteiger partial charge in [0.15, 0.2) is 4.90 Å². The smallest absolute Gasteiger partial charge is 0.258 e. The Balaban J connectivity index is 3.29. The maximum atomic E-state index is 12.0. The molecular weight excluding hydrogens is 270 g/mol.